The highest BCUT2D eigenvalue weighted by Crippen LogP contribution is 2.29. The van der Waals surface area contributed by atoms with Crippen LogP contribution in [-0.2, 0) is 6.54 Å². The smallest absolute Gasteiger partial charge is 0.173 e. The van der Waals surface area contributed by atoms with Gasteiger partial charge < -0.3 is 15.7 Å². The van der Waals surface area contributed by atoms with Crippen LogP contribution >= 0.6 is 15.9 Å². The molecule has 3 N–H and O–H groups in total. The molecule has 2 unspecified atom stereocenters. The molecule has 0 spiro atoms. The Labute approximate surface area is 160 Å². The maximum absolute atomic E-state index is 9.56. The normalized spacial score (nSPS) is 19.8. The first-order valence-electron chi connectivity index (χ1n) is 8.79. The number of hydrogen-bond acceptors (Lipinski definition) is 6. The Morgan fingerprint density at radius 2 is 2.23 bits per heavy atom. The van der Waals surface area contributed by atoms with Crippen LogP contribution < -0.4 is 10.6 Å². The van der Waals surface area contributed by atoms with Gasteiger partial charge in [0.2, 0.25) is 0 Å². The predicted octanol–water partition coefficient (Wildman–Crippen LogP) is 3.07. The fourth-order valence-electron chi connectivity index (χ4n) is 3.47. The molecule has 0 aromatic carbocycles. The lowest BCUT2D eigenvalue weighted by molar-refractivity contribution is 0.222. The summed E-state index contributed by atoms with van der Waals surface area (Å²) >= 11 is 3.52. The Morgan fingerprint density at radius 1 is 1.31 bits per heavy atom. The van der Waals surface area contributed by atoms with Crippen molar-refractivity contribution in [1.29, 1.82) is 0 Å². The third-order valence-electron chi connectivity index (χ3n) is 4.85. The molecule has 0 saturated heterocycles. The van der Waals surface area contributed by atoms with E-state index in [0.717, 1.165) is 46.6 Å². The Kier molecular flexibility index (Phi) is 5.03. The van der Waals surface area contributed by atoms with Crippen molar-refractivity contribution in [3.63, 3.8) is 0 Å². The molecule has 1 aliphatic rings. The summed E-state index contributed by atoms with van der Waals surface area (Å²) in [4.78, 5) is 8.84. The number of anilines is 2. The standard InChI is InChI=1S/C18H21BrN6O/c19-14-10-22-25-17(21-9-12-3-2-6-20-8-12)7-16(24-18(14)25)23-15-5-1-4-13(15)11-26/h2-3,6-8,10,13,15,21,26H,1,4-5,9,11H2,(H,23,24). The summed E-state index contributed by atoms with van der Waals surface area (Å²) in [5, 5.41) is 20.9. The quantitative estimate of drug-likeness (QED) is 0.572. The first-order chi connectivity index (χ1) is 12.7. The van der Waals surface area contributed by atoms with Crippen molar-refractivity contribution in [2.24, 2.45) is 5.92 Å². The minimum atomic E-state index is 0.211. The molecule has 7 nitrogen and oxygen atoms in total. The van der Waals surface area contributed by atoms with Crippen LogP contribution in [0.4, 0.5) is 11.6 Å². The Balaban J connectivity index is 1.61. The van der Waals surface area contributed by atoms with Crippen LogP contribution in [0.5, 0.6) is 0 Å². The maximum Gasteiger partial charge on any atom is 0.173 e. The number of pyridine rings is 1. The first kappa shape index (κ1) is 17.2. The molecule has 3 aromatic heterocycles. The summed E-state index contributed by atoms with van der Waals surface area (Å²) in [6.07, 6.45) is 8.59. The predicted molar refractivity (Wildman–Crippen MR) is 104 cm³/mol. The molecule has 1 saturated carbocycles. The summed E-state index contributed by atoms with van der Waals surface area (Å²) < 4.78 is 2.62. The summed E-state index contributed by atoms with van der Waals surface area (Å²) in [6, 6.07) is 6.17. The fraction of sp³-hybridized carbons (Fsp3) is 0.389. The number of aromatic nitrogens is 4. The van der Waals surface area contributed by atoms with Crippen molar-refractivity contribution < 1.29 is 5.11 Å². The average molecular weight is 417 g/mol. The summed E-state index contributed by atoms with van der Waals surface area (Å²) in [7, 11) is 0. The van der Waals surface area contributed by atoms with Crippen LogP contribution in [0.25, 0.3) is 5.65 Å². The SMILES string of the molecule is OCC1CCCC1Nc1cc(NCc2cccnc2)n2ncc(Br)c2n1. The van der Waals surface area contributed by atoms with Gasteiger partial charge in [-0.25, -0.2) is 4.98 Å². The number of nitrogens with zero attached hydrogens (tertiary/aromatic N) is 4. The molecule has 0 radical (unpaired) electrons. The molecular weight excluding hydrogens is 396 g/mol. The van der Waals surface area contributed by atoms with E-state index in [1.54, 1.807) is 16.9 Å². The van der Waals surface area contributed by atoms with E-state index < -0.39 is 0 Å². The third-order valence-corrected chi connectivity index (χ3v) is 5.41. The van der Waals surface area contributed by atoms with Crippen LogP contribution in [0.3, 0.4) is 0 Å². The van der Waals surface area contributed by atoms with Crippen LogP contribution in [0.15, 0.2) is 41.3 Å². The van der Waals surface area contributed by atoms with E-state index in [9.17, 15) is 5.11 Å². The molecule has 0 aliphatic heterocycles. The number of halogens is 1. The van der Waals surface area contributed by atoms with Gasteiger partial charge in [0.1, 0.15) is 11.6 Å². The van der Waals surface area contributed by atoms with Crippen molar-refractivity contribution in [2.45, 2.75) is 31.8 Å². The molecule has 4 rings (SSSR count). The second-order valence-corrected chi connectivity index (χ2v) is 7.45. The Hall–Kier alpha value is -2.19. The molecule has 0 bridgehead atoms. The molecule has 1 aliphatic carbocycles. The van der Waals surface area contributed by atoms with Gasteiger partial charge >= 0.3 is 0 Å². The van der Waals surface area contributed by atoms with Crippen LogP contribution in [0.2, 0.25) is 0 Å². The lowest BCUT2D eigenvalue weighted by Crippen LogP contribution is -2.27. The Morgan fingerprint density at radius 3 is 3.04 bits per heavy atom. The fourth-order valence-corrected chi connectivity index (χ4v) is 3.81. The van der Waals surface area contributed by atoms with Crippen molar-refractivity contribution in [1.82, 2.24) is 19.6 Å². The maximum atomic E-state index is 9.56. The zero-order chi connectivity index (χ0) is 17.9. The van der Waals surface area contributed by atoms with Crippen molar-refractivity contribution >= 4 is 33.2 Å². The van der Waals surface area contributed by atoms with Gasteiger partial charge in [-0.2, -0.15) is 9.61 Å². The number of nitrogens with one attached hydrogen (secondary N) is 2. The van der Waals surface area contributed by atoms with Gasteiger partial charge in [-0.1, -0.05) is 12.5 Å². The molecular formula is C18H21BrN6O. The van der Waals surface area contributed by atoms with E-state index in [-0.39, 0.29) is 18.6 Å². The van der Waals surface area contributed by atoms with Crippen LogP contribution in [0.1, 0.15) is 24.8 Å². The number of hydrogen-bond donors (Lipinski definition) is 3. The zero-order valence-electron chi connectivity index (χ0n) is 14.3. The summed E-state index contributed by atoms with van der Waals surface area (Å²) in [5.74, 6) is 1.93. The van der Waals surface area contributed by atoms with Crippen molar-refractivity contribution in [3.05, 3.63) is 46.8 Å². The third kappa shape index (κ3) is 3.52. The average Bonchev–Trinajstić information content (AvgIpc) is 3.27. The minimum Gasteiger partial charge on any atom is -0.396 e. The largest absolute Gasteiger partial charge is 0.396 e. The van der Waals surface area contributed by atoms with Gasteiger partial charge in [-0.15, -0.1) is 0 Å². The van der Waals surface area contributed by atoms with Gasteiger partial charge in [0.15, 0.2) is 5.65 Å². The van der Waals surface area contributed by atoms with Crippen LogP contribution in [-0.4, -0.2) is 37.3 Å². The second-order valence-electron chi connectivity index (χ2n) is 6.59. The van der Waals surface area contributed by atoms with Gasteiger partial charge in [-0.05, 0) is 40.4 Å². The minimum absolute atomic E-state index is 0.211. The van der Waals surface area contributed by atoms with Crippen LogP contribution in [0, 0.1) is 5.92 Å². The van der Waals surface area contributed by atoms with Gasteiger partial charge in [0.25, 0.3) is 0 Å². The summed E-state index contributed by atoms with van der Waals surface area (Å²) in [6.45, 7) is 0.856. The zero-order valence-corrected chi connectivity index (χ0v) is 15.9. The van der Waals surface area contributed by atoms with E-state index in [0.29, 0.717) is 6.54 Å². The topological polar surface area (TPSA) is 87.4 Å². The molecule has 26 heavy (non-hydrogen) atoms. The Bertz CT molecular complexity index is 884. The van der Waals surface area contributed by atoms with Crippen molar-refractivity contribution in [2.75, 3.05) is 17.2 Å². The van der Waals surface area contributed by atoms with Crippen molar-refractivity contribution in [3.8, 4) is 0 Å². The van der Waals surface area contributed by atoms with Gasteiger partial charge in [-0.3, -0.25) is 4.98 Å². The van der Waals surface area contributed by atoms with Gasteiger partial charge in [0, 0.05) is 43.6 Å². The molecule has 2 atom stereocenters. The molecule has 8 heteroatoms. The van der Waals surface area contributed by atoms with E-state index in [1.165, 1.54) is 0 Å². The van der Waals surface area contributed by atoms with E-state index in [1.807, 2.05) is 24.4 Å². The lowest BCUT2D eigenvalue weighted by Gasteiger charge is -2.20. The number of rotatable bonds is 6. The number of aliphatic hydroxyl groups excluding tert-OH is 1. The molecule has 0 amide bonds. The lowest BCUT2D eigenvalue weighted by atomic mass is 10.1. The number of fused-ring (bicyclic) bond motifs is 1. The summed E-state index contributed by atoms with van der Waals surface area (Å²) in [5.41, 5.74) is 1.84. The van der Waals surface area contributed by atoms with E-state index in [4.69, 9.17) is 4.98 Å². The highest BCUT2D eigenvalue weighted by atomic mass is 79.9. The van der Waals surface area contributed by atoms with E-state index in [2.05, 4.69) is 36.6 Å². The van der Waals surface area contributed by atoms with E-state index >= 15 is 0 Å². The van der Waals surface area contributed by atoms with Gasteiger partial charge in [0.05, 0.1) is 10.7 Å². The molecule has 3 heterocycles. The highest BCUT2D eigenvalue weighted by Gasteiger charge is 2.27. The highest BCUT2D eigenvalue weighted by molar-refractivity contribution is 9.10. The monoisotopic (exact) mass is 416 g/mol. The first-order valence-corrected chi connectivity index (χ1v) is 9.58. The molecule has 136 valence electrons. The second kappa shape index (κ2) is 7.59. The molecule has 1 fully saturated rings. The number of aliphatic hydroxyl groups is 1. The molecule has 3 aromatic rings.